The molecule has 3 aromatic heterocycles. The fourth-order valence-electron chi connectivity index (χ4n) is 7.67. The van der Waals surface area contributed by atoms with Crippen LogP contribution in [0.3, 0.4) is 0 Å². The van der Waals surface area contributed by atoms with Gasteiger partial charge in [-0.05, 0) is 77.7 Å². The molecule has 6 nitrogen and oxygen atoms in total. The third-order valence-corrected chi connectivity index (χ3v) is 10.3. The molecule has 0 aliphatic carbocycles. The number of anilines is 4. The lowest BCUT2D eigenvalue weighted by atomic mass is 9.88. The van der Waals surface area contributed by atoms with Gasteiger partial charge in [-0.2, -0.15) is 0 Å². The van der Waals surface area contributed by atoms with Crippen molar-refractivity contribution in [3.63, 3.8) is 0 Å². The van der Waals surface area contributed by atoms with Crippen molar-refractivity contribution in [2.24, 2.45) is 0 Å². The Morgan fingerprint density at radius 1 is 0.596 bits per heavy atom. The minimum Gasteiger partial charge on any atom is -0.453 e. The largest absolute Gasteiger partial charge is 0.453 e. The van der Waals surface area contributed by atoms with Crippen LogP contribution in [0.15, 0.2) is 156 Å². The lowest BCUT2D eigenvalue weighted by Gasteiger charge is -2.22. The summed E-state index contributed by atoms with van der Waals surface area (Å²) in [5.74, 6) is 2.26. The summed E-state index contributed by atoms with van der Waals surface area (Å²) in [5.41, 5.74) is 9.37. The molecule has 252 valence electrons. The van der Waals surface area contributed by atoms with Gasteiger partial charge in [-0.3, -0.25) is 4.57 Å². The van der Waals surface area contributed by atoms with Gasteiger partial charge in [0, 0.05) is 51.2 Å². The van der Waals surface area contributed by atoms with E-state index in [-0.39, 0.29) is 5.41 Å². The van der Waals surface area contributed by atoms with Crippen molar-refractivity contribution >= 4 is 66.5 Å². The topological polar surface area (TPSA) is 46.7 Å². The molecule has 0 atom stereocenters. The first-order valence-electron chi connectivity index (χ1n) is 17.7. The van der Waals surface area contributed by atoms with Crippen LogP contribution in [0.5, 0.6) is 11.5 Å². The molecule has 1 aliphatic heterocycles. The first-order valence-corrected chi connectivity index (χ1v) is 17.7. The predicted octanol–water partition coefficient (Wildman–Crippen LogP) is 12.4. The number of pyridine rings is 1. The van der Waals surface area contributed by atoms with E-state index in [4.69, 9.17) is 14.1 Å². The Morgan fingerprint density at radius 3 is 2.10 bits per heavy atom. The molecule has 6 aromatic carbocycles. The minimum absolute atomic E-state index is 0.0122. The zero-order valence-electron chi connectivity index (χ0n) is 29.2. The molecule has 0 fully saturated rings. The Bertz CT molecular complexity index is 2810. The Kier molecular flexibility index (Phi) is 6.70. The molecule has 10 rings (SSSR count). The quantitative estimate of drug-likeness (QED) is 0.182. The molecule has 0 saturated carbocycles. The molecule has 0 spiro atoms. The van der Waals surface area contributed by atoms with Gasteiger partial charge >= 0.3 is 0 Å². The van der Waals surface area contributed by atoms with Gasteiger partial charge in [0.15, 0.2) is 11.3 Å². The SMILES string of the molecule is CC(C)(C)c1ccnc(-n2c3ccccc3c3ccc(Oc4cc(N5CN(c6ccccc6)c6ccccc65)cc5c4oc4ccccc45)cc32)c1. The zero-order valence-corrected chi connectivity index (χ0v) is 29.2. The van der Waals surface area contributed by atoms with Gasteiger partial charge in [-0.15, -0.1) is 0 Å². The second-order valence-electron chi connectivity index (χ2n) is 14.5. The normalized spacial score (nSPS) is 13.1. The number of hydrogen-bond acceptors (Lipinski definition) is 5. The van der Waals surface area contributed by atoms with E-state index in [1.165, 1.54) is 10.9 Å². The molecule has 1 aliphatic rings. The van der Waals surface area contributed by atoms with Crippen LogP contribution in [0, 0.1) is 0 Å². The Morgan fingerprint density at radius 2 is 1.29 bits per heavy atom. The van der Waals surface area contributed by atoms with Gasteiger partial charge < -0.3 is 19.0 Å². The average molecular weight is 677 g/mol. The Hall–Kier alpha value is -6.53. The molecule has 0 unspecified atom stereocenters. The van der Waals surface area contributed by atoms with Gasteiger partial charge in [0.1, 0.15) is 23.8 Å². The highest BCUT2D eigenvalue weighted by molar-refractivity contribution is 6.10. The van der Waals surface area contributed by atoms with Crippen molar-refractivity contribution < 1.29 is 9.15 Å². The number of benzene rings is 6. The average Bonchev–Trinajstić information content (AvgIpc) is 3.85. The second kappa shape index (κ2) is 11.5. The highest BCUT2D eigenvalue weighted by Crippen LogP contribution is 2.48. The Balaban J connectivity index is 1.14. The van der Waals surface area contributed by atoms with Crippen LogP contribution in [-0.4, -0.2) is 16.2 Å². The highest BCUT2D eigenvalue weighted by Gasteiger charge is 2.29. The number of para-hydroxylation sites is 5. The van der Waals surface area contributed by atoms with Crippen molar-refractivity contribution in [1.82, 2.24) is 9.55 Å². The zero-order chi connectivity index (χ0) is 35.0. The van der Waals surface area contributed by atoms with E-state index in [0.29, 0.717) is 12.4 Å². The second-order valence-corrected chi connectivity index (χ2v) is 14.5. The summed E-state index contributed by atoms with van der Waals surface area (Å²) < 4.78 is 15.7. The van der Waals surface area contributed by atoms with Gasteiger partial charge in [0.25, 0.3) is 0 Å². The van der Waals surface area contributed by atoms with E-state index in [9.17, 15) is 0 Å². The molecule has 0 saturated heterocycles. The molecule has 4 heterocycles. The van der Waals surface area contributed by atoms with Gasteiger partial charge in [-0.25, -0.2) is 4.98 Å². The number of furan rings is 1. The molecular weight excluding hydrogens is 641 g/mol. The van der Waals surface area contributed by atoms with Crippen molar-refractivity contribution in [3.8, 4) is 17.3 Å². The summed E-state index contributed by atoms with van der Waals surface area (Å²) in [6.07, 6.45) is 1.91. The summed E-state index contributed by atoms with van der Waals surface area (Å²) >= 11 is 0. The van der Waals surface area contributed by atoms with Crippen molar-refractivity contribution in [2.75, 3.05) is 16.5 Å². The number of hydrogen-bond donors (Lipinski definition) is 0. The number of fused-ring (bicyclic) bond motifs is 7. The maximum Gasteiger partial charge on any atom is 0.178 e. The predicted molar refractivity (Wildman–Crippen MR) is 213 cm³/mol. The fourth-order valence-corrected chi connectivity index (χ4v) is 7.67. The van der Waals surface area contributed by atoms with Crippen LogP contribution in [0.25, 0.3) is 49.6 Å². The van der Waals surface area contributed by atoms with E-state index in [1.54, 1.807) is 0 Å². The molecule has 0 amide bonds. The fraction of sp³-hybridized carbons (Fsp3) is 0.109. The van der Waals surface area contributed by atoms with Crippen LogP contribution in [-0.2, 0) is 5.41 Å². The molecule has 0 radical (unpaired) electrons. The number of ether oxygens (including phenoxy) is 1. The van der Waals surface area contributed by atoms with Crippen LogP contribution >= 0.6 is 0 Å². The molecule has 0 bridgehead atoms. The summed E-state index contributed by atoms with van der Waals surface area (Å²) in [5, 5.41) is 4.38. The van der Waals surface area contributed by atoms with Crippen LogP contribution in [0.2, 0.25) is 0 Å². The van der Waals surface area contributed by atoms with Crippen molar-refractivity contribution in [3.05, 3.63) is 157 Å². The smallest absolute Gasteiger partial charge is 0.178 e. The molecule has 9 aromatic rings. The lowest BCUT2D eigenvalue weighted by molar-refractivity contribution is 0.477. The molecule has 0 N–H and O–H groups in total. The summed E-state index contributed by atoms with van der Waals surface area (Å²) in [6, 6.07) is 50.8. The van der Waals surface area contributed by atoms with Crippen LogP contribution in [0.4, 0.5) is 22.7 Å². The third-order valence-electron chi connectivity index (χ3n) is 10.3. The first-order chi connectivity index (χ1) is 25.4. The van der Waals surface area contributed by atoms with Gasteiger partial charge in [-0.1, -0.05) is 87.5 Å². The van der Waals surface area contributed by atoms with E-state index in [1.807, 2.05) is 18.3 Å². The van der Waals surface area contributed by atoms with E-state index in [2.05, 4.69) is 169 Å². The molecule has 52 heavy (non-hydrogen) atoms. The summed E-state index contributed by atoms with van der Waals surface area (Å²) in [7, 11) is 0. The van der Waals surface area contributed by atoms with E-state index in [0.717, 1.165) is 72.7 Å². The maximum absolute atomic E-state index is 6.93. The third kappa shape index (κ3) is 4.83. The molecular formula is C46H36N4O2. The summed E-state index contributed by atoms with van der Waals surface area (Å²) in [6.45, 7) is 7.36. The maximum atomic E-state index is 6.93. The van der Waals surface area contributed by atoms with Gasteiger partial charge in [0.2, 0.25) is 0 Å². The van der Waals surface area contributed by atoms with Crippen molar-refractivity contribution in [1.29, 1.82) is 0 Å². The van der Waals surface area contributed by atoms with Gasteiger partial charge in [0.05, 0.1) is 22.4 Å². The molecule has 6 heteroatoms. The number of rotatable bonds is 5. The van der Waals surface area contributed by atoms with Crippen LogP contribution < -0.4 is 14.5 Å². The Labute approximate surface area is 301 Å². The van der Waals surface area contributed by atoms with E-state index < -0.39 is 0 Å². The monoisotopic (exact) mass is 676 g/mol. The van der Waals surface area contributed by atoms with Crippen molar-refractivity contribution in [2.45, 2.75) is 26.2 Å². The van der Waals surface area contributed by atoms with E-state index >= 15 is 0 Å². The summed E-state index contributed by atoms with van der Waals surface area (Å²) in [4.78, 5) is 9.58. The number of aromatic nitrogens is 2. The lowest BCUT2D eigenvalue weighted by Crippen LogP contribution is -2.23. The highest BCUT2D eigenvalue weighted by atomic mass is 16.5. The number of nitrogens with zero attached hydrogens (tertiary/aromatic N) is 4. The standard InChI is InChI=1S/C46H36N4O2/c1-46(2,3)30-23-24-47-44(25-30)50-38-17-9-7-15-34(38)35-22-21-33(28-41(35)50)51-43-27-32(26-37-36-16-8-12-20-42(36)52-45(37)43)49-29-48(31-13-5-4-6-14-31)39-18-10-11-19-40(39)49/h4-28H,29H2,1-3H3. The first kappa shape index (κ1) is 30.3. The van der Waals surface area contributed by atoms with Crippen LogP contribution in [0.1, 0.15) is 26.3 Å². The minimum atomic E-state index is -0.0122.